The Labute approximate surface area is 142 Å². The highest BCUT2D eigenvalue weighted by molar-refractivity contribution is 9.11. The molecule has 0 aliphatic heterocycles. The molecule has 0 radical (unpaired) electrons. The second-order valence-electron chi connectivity index (χ2n) is 4.89. The third kappa shape index (κ3) is 4.14. The number of nitrogens with zero attached hydrogens (tertiary/aromatic N) is 3. The van der Waals surface area contributed by atoms with Crippen molar-refractivity contribution in [1.29, 1.82) is 0 Å². The van der Waals surface area contributed by atoms with Gasteiger partial charge in [-0.15, -0.1) is 0 Å². The summed E-state index contributed by atoms with van der Waals surface area (Å²) in [5.74, 6) is 1.01. The van der Waals surface area contributed by atoms with Crippen LogP contribution in [0, 0.1) is 0 Å². The molecule has 0 spiro atoms. The molecular weight excluding hydrogens is 396 g/mol. The van der Waals surface area contributed by atoms with Gasteiger partial charge in [0.2, 0.25) is 0 Å². The molecule has 0 aliphatic carbocycles. The van der Waals surface area contributed by atoms with E-state index in [0.717, 1.165) is 46.4 Å². The summed E-state index contributed by atoms with van der Waals surface area (Å²) in [5.41, 5.74) is 0.968. The van der Waals surface area contributed by atoms with Gasteiger partial charge < -0.3 is 9.88 Å². The fraction of sp³-hybridized carbons (Fsp3) is 0.467. The van der Waals surface area contributed by atoms with E-state index >= 15 is 0 Å². The molecule has 0 saturated heterocycles. The smallest absolute Gasteiger partial charge is 0.132 e. The van der Waals surface area contributed by atoms with E-state index in [2.05, 4.69) is 65.6 Å². The standard InChI is InChI=1S/C15H20Br2N4/c1-3-5-18-14(13-12(17)9-11(16)10-20-13)15-19-6-8-21(15)7-4-2/h6,8-10,14,18H,3-5,7H2,1-2H3. The largest absolute Gasteiger partial charge is 0.333 e. The third-order valence-corrected chi connectivity index (χ3v) is 4.25. The zero-order valence-electron chi connectivity index (χ0n) is 12.3. The highest BCUT2D eigenvalue weighted by Gasteiger charge is 2.22. The molecule has 0 aliphatic rings. The molecule has 4 nitrogen and oxygen atoms in total. The predicted molar refractivity (Wildman–Crippen MR) is 92.3 cm³/mol. The molecular formula is C15H20Br2N4. The summed E-state index contributed by atoms with van der Waals surface area (Å²) in [7, 11) is 0. The Balaban J connectivity index is 2.39. The lowest BCUT2D eigenvalue weighted by atomic mass is 10.1. The first-order chi connectivity index (χ1) is 10.2. The Kier molecular flexibility index (Phi) is 6.39. The van der Waals surface area contributed by atoms with Crippen LogP contribution < -0.4 is 5.32 Å². The van der Waals surface area contributed by atoms with Gasteiger partial charge in [-0.05, 0) is 57.3 Å². The summed E-state index contributed by atoms with van der Waals surface area (Å²) < 4.78 is 4.14. The topological polar surface area (TPSA) is 42.7 Å². The summed E-state index contributed by atoms with van der Waals surface area (Å²) in [5, 5.41) is 3.56. The number of hydrogen-bond donors (Lipinski definition) is 1. The number of aryl methyl sites for hydroxylation is 1. The summed E-state index contributed by atoms with van der Waals surface area (Å²) in [6, 6.07) is 2.02. The first-order valence-corrected chi connectivity index (χ1v) is 8.81. The normalized spacial score (nSPS) is 12.6. The highest BCUT2D eigenvalue weighted by Crippen LogP contribution is 2.28. The van der Waals surface area contributed by atoms with E-state index in [1.165, 1.54) is 0 Å². The van der Waals surface area contributed by atoms with Crippen molar-refractivity contribution in [2.45, 2.75) is 39.3 Å². The number of rotatable bonds is 7. The second kappa shape index (κ2) is 8.06. The molecule has 114 valence electrons. The Bertz CT molecular complexity index is 583. The minimum absolute atomic E-state index is 0.00558. The van der Waals surface area contributed by atoms with Crippen molar-refractivity contribution in [3.8, 4) is 0 Å². The first-order valence-electron chi connectivity index (χ1n) is 7.22. The minimum atomic E-state index is -0.00558. The van der Waals surface area contributed by atoms with Crippen molar-refractivity contribution < 1.29 is 0 Å². The van der Waals surface area contributed by atoms with Crippen LogP contribution >= 0.6 is 31.9 Å². The van der Waals surface area contributed by atoms with E-state index in [-0.39, 0.29) is 6.04 Å². The van der Waals surface area contributed by atoms with Gasteiger partial charge in [-0.2, -0.15) is 0 Å². The number of hydrogen-bond acceptors (Lipinski definition) is 3. The van der Waals surface area contributed by atoms with E-state index in [0.29, 0.717) is 0 Å². The lowest BCUT2D eigenvalue weighted by molar-refractivity contribution is 0.520. The van der Waals surface area contributed by atoms with Crippen LogP contribution in [0.25, 0.3) is 0 Å². The van der Waals surface area contributed by atoms with Crippen molar-refractivity contribution in [3.63, 3.8) is 0 Å². The van der Waals surface area contributed by atoms with E-state index < -0.39 is 0 Å². The van der Waals surface area contributed by atoms with Crippen LogP contribution in [0.4, 0.5) is 0 Å². The van der Waals surface area contributed by atoms with Crippen LogP contribution in [0.5, 0.6) is 0 Å². The SMILES string of the molecule is CCCNC(c1ncc(Br)cc1Br)c1nccn1CCC. The van der Waals surface area contributed by atoms with Gasteiger partial charge in [0.15, 0.2) is 0 Å². The van der Waals surface area contributed by atoms with E-state index in [9.17, 15) is 0 Å². The quantitative estimate of drug-likeness (QED) is 0.732. The summed E-state index contributed by atoms with van der Waals surface area (Å²) in [6.07, 6.45) is 7.87. The van der Waals surface area contributed by atoms with E-state index in [1.807, 2.05) is 24.7 Å². The fourth-order valence-corrected chi connectivity index (χ4v) is 3.46. The number of imidazole rings is 1. The molecule has 0 fully saturated rings. The number of halogens is 2. The van der Waals surface area contributed by atoms with Crippen molar-refractivity contribution in [1.82, 2.24) is 19.9 Å². The van der Waals surface area contributed by atoms with E-state index in [4.69, 9.17) is 0 Å². The van der Waals surface area contributed by atoms with Gasteiger partial charge in [0, 0.05) is 34.1 Å². The Hall–Kier alpha value is -0.720. The Morgan fingerprint density at radius 2 is 2.05 bits per heavy atom. The van der Waals surface area contributed by atoms with Crippen molar-refractivity contribution in [2.24, 2.45) is 0 Å². The monoisotopic (exact) mass is 414 g/mol. The van der Waals surface area contributed by atoms with Gasteiger partial charge in [-0.1, -0.05) is 13.8 Å². The molecule has 2 heterocycles. The van der Waals surface area contributed by atoms with Crippen LogP contribution in [0.3, 0.4) is 0 Å². The van der Waals surface area contributed by atoms with Gasteiger partial charge in [-0.3, -0.25) is 4.98 Å². The Morgan fingerprint density at radius 1 is 1.24 bits per heavy atom. The second-order valence-corrected chi connectivity index (χ2v) is 6.66. The van der Waals surface area contributed by atoms with Gasteiger partial charge in [0.05, 0.1) is 5.69 Å². The average molecular weight is 416 g/mol. The summed E-state index contributed by atoms with van der Waals surface area (Å²) >= 11 is 7.07. The molecule has 0 bridgehead atoms. The van der Waals surface area contributed by atoms with Gasteiger partial charge in [-0.25, -0.2) is 4.98 Å². The van der Waals surface area contributed by atoms with Crippen molar-refractivity contribution >= 4 is 31.9 Å². The zero-order valence-corrected chi connectivity index (χ0v) is 15.5. The van der Waals surface area contributed by atoms with Crippen LogP contribution in [0.1, 0.15) is 44.2 Å². The molecule has 2 aromatic heterocycles. The van der Waals surface area contributed by atoms with Crippen LogP contribution in [0.15, 0.2) is 33.6 Å². The van der Waals surface area contributed by atoms with Gasteiger partial charge >= 0.3 is 0 Å². The maximum Gasteiger partial charge on any atom is 0.132 e. The molecule has 21 heavy (non-hydrogen) atoms. The predicted octanol–water partition coefficient (Wildman–Crippen LogP) is 4.30. The van der Waals surface area contributed by atoms with Crippen LogP contribution in [0.2, 0.25) is 0 Å². The average Bonchev–Trinajstić information content (AvgIpc) is 2.90. The third-order valence-electron chi connectivity index (χ3n) is 3.18. The molecule has 0 saturated carbocycles. The van der Waals surface area contributed by atoms with Gasteiger partial charge in [0.1, 0.15) is 11.9 Å². The summed E-state index contributed by atoms with van der Waals surface area (Å²) in [6.45, 7) is 6.22. The molecule has 0 amide bonds. The zero-order chi connectivity index (χ0) is 15.2. The fourth-order valence-electron chi connectivity index (χ4n) is 2.25. The van der Waals surface area contributed by atoms with Crippen LogP contribution in [-0.4, -0.2) is 21.1 Å². The molecule has 1 atom stereocenters. The molecule has 6 heteroatoms. The molecule has 2 rings (SSSR count). The number of nitrogens with one attached hydrogen (secondary N) is 1. The number of aromatic nitrogens is 3. The molecule has 0 aromatic carbocycles. The first kappa shape index (κ1) is 16.6. The highest BCUT2D eigenvalue weighted by atomic mass is 79.9. The molecule has 1 unspecified atom stereocenters. The lowest BCUT2D eigenvalue weighted by Gasteiger charge is -2.20. The van der Waals surface area contributed by atoms with Crippen molar-refractivity contribution in [2.75, 3.05) is 6.54 Å². The maximum absolute atomic E-state index is 4.58. The summed E-state index contributed by atoms with van der Waals surface area (Å²) in [4.78, 5) is 9.13. The number of pyridine rings is 1. The maximum atomic E-state index is 4.58. The lowest BCUT2D eigenvalue weighted by Crippen LogP contribution is -2.27. The van der Waals surface area contributed by atoms with E-state index in [1.54, 1.807) is 0 Å². The molecule has 2 aromatic rings. The molecule has 1 N–H and O–H groups in total. The van der Waals surface area contributed by atoms with Crippen molar-refractivity contribution in [3.05, 3.63) is 45.1 Å². The van der Waals surface area contributed by atoms with Crippen LogP contribution in [-0.2, 0) is 6.54 Å². The minimum Gasteiger partial charge on any atom is -0.333 e. The Morgan fingerprint density at radius 3 is 2.71 bits per heavy atom. The van der Waals surface area contributed by atoms with Gasteiger partial charge in [0.25, 0.3) is 0 Å².